The molecule has 0 spiro atoms. The number of allylic oxidation sites excluding steroid dienone is 6. The van der Waals surface area contributed by atoms with Gasteiger partial charge in [-0.25, -0.2) is 0 Å². The zero-order valence-electron chi connectivity index (χ0n) is 10.5. The summed E-state index contributed by atoms with van der Waals surface area (Å²) in [6, 6.07) is 0. The Morgan fingerprint density at radius 2 is 2.22 bits per heavy atom. The second-order valence-electron chi connectivity index (χ2n) is 4.80. The summed E-state index contributed by atoms with van der Waals surface area (Å²) in [7, 11) is 0. The number of nitrogens with zero attached hydrogens (tertiary/aromatic N) is 1. The van der Waals surface area contributed by atoms with Gasteiger partial charge in [-0.05, 0) is 37.0 Å². The second kappa shape index (κ2) is 4.81. The Bertz CT molecular complexity index is 509. The van der Waals surface area contributed by atoms with Crippen molar-refractivity contribution in [3.05, 3.63) is 58.0 Å². The molecule has 2 aliphatic heterocycles. The van der Waals surface area contributed by atoms with E-state index in [0.29, 0.717) is 0 Å². The summed E-state index contributed by atoms with van der Waals surface area (Å²) in [4.78, 5) is 2.21. The number of hydrogen-bond acceptors (Lipinski definition) is 2. The molecule has 0 bridgehead atoms. The molecule has 3 rings (SSSR count). The van der Waals surface area contributed by atoms with Crippen LogP contribution in [0.25, 0.3) is 0 Å². The number of halogens is 1. The summed E-state index contributed by atoms with van der Waals surface area (Å²) in [6.45, 7) is 2.23. The molecule has 0 aromatic heterocycles. The molecule has 0 saturated heterocycles. The van der Waals surface area contributed by atoms with Gasteiger partial charge in [0.05, 0.1) is 5.70 Å². The summed E-state index contributed by atoms with van der Waals surface area (Å²) < 4.78 is 1.18. The largest absolute Gasteiger partial charge is 0.359 e. The Labute approximate surface area is 117 Å². The molecule has 0 saturated carbocycles. The van der Waals surface area contributed by atoms with Gasteiger partial charge in [-0.2, -0.15) is 0 Å². The van der Waals surface area contributed by atoms with Crippen molar-refractivity contribution in [2.75, 3.05) is 0 Å². The zero-order chi connectivity index (χ0) is 12.5. The van der Waals surface area contributed by atoms with Crippen LogP contribution in [0, 0.1) is 0 Å². The van der Waals surface area contributed by atoms with E-state index in [-0.39, 0.29) is 6.17 Å². The molecule has 0 fully saturated rings. The summed E-state index contributed by atoms with van der Waals surface area (Å²) in [5, 5.41) is 3.57. The lowest BCUT2D eigenvalue weighted by molar-refractivity contribution is 0.420. The lowest BCUT2D eigenvalue weighted by Gasteiger charge is -2.24. The Hall–Kier alpha value is -1.22. The van der Waals surface area contributed by atoms with Gasteiger partial charge in [-0.15, -0.1) is 0 Å². The monoisotopic (exact) mass is 304 g/mol. The number of rotatable bonds is 2. The van der Waals surface area contributed by atoms with E-state index >= 15 is 0 Å². The number of fused-ring (bicyclic) bond motifs is 1. The van der Waals surface area contributed by atoms with E-state index in [1.54, 1.807) is 5.57 Å². The average molecular weight is 305 g/mol. The van der Waals surface area contributed by atoms with Gasteiger partial charge in [-0.3, -0.25) is 0 Å². The highest BCUT2D eigenvalue weighted by Crippen LogP contribution is 2.31. The van der Waals surface area contributed by atoms with Crippen molar-refractivity contribution < 1.29 is 0 Å². The molecule has 1 atom stereocenters. The maximum atomic E-state index is 3.61. The maximum Gasteiger partial charge on any atom is 0.136 e. The minimum Gasteiger partial charge on any atom is -0.359 e. The molecule has 3 heteroatoms. The fourth-order valence-corrected chi connectivity index (χ4v) is 3.03. The Morgan fingerprint density at radius 3 is 2.89 bits per heavy atom. The highest BCUT2D eigenvalue weighted by molar-refractivity contribution is 9.11. The third-order valence-electron chi connectivity index (χ3n) is 3.68. The minimum atomic E-state index is 0.238. The second-order valence-corrected chi connectivity index (χ2v) is 5.72. The molecule has 2 nitrogen and oxygen atoms in total. The minimum absolute atomic E-state index is 0.238. The van der Waals surface area contributed by atoms with Crippen molar-refractivity contribution in [3.63, 3.8) is 0 Å². The van der Waals surface area contributed by atoms with Crippen LogP contribution in [0.5, 0.6) is 0 Å². The lowest BCUT2D eigenvalue weighted by Crippen LogP contribution is -2.34. The standard InChI is InChI=1S/C15H17BrN2/c1-2-11-5-7-12(8-6-11)14-10-18-9-3-4-13(16)15(18)17-14/h3-5,7,9-10,15,17H,2,6,8H2,1H3. The molecule has 18 heavy (non-hydrogen) atoms. The molecular formula is C15H17BrN2. The molecular weight excluding hydrogens is 288 g/mol. The van der Waals surface area contributed by atoms with Crippen LogP contribution < -0.4 is 5.32 Å². The average Bonchev–Trinajstić information content (AvgIpc) is 2.84. The molecule has 0 amide bonds. The fraction of sp³-hybridized carbons (Fsp3) is 0.333. The SMILES string of the molecule is CCC1=CC=C(C2=CN3C=CC=C(Br)C3N2)CC1. The summed E-state index contributed by atoms with van der Waals surface area (Å²) in [5.41, 5.74) is 4.22. The third-order valence-corrected chi connectivity index (χ3v) is 4.38. The van der Waals surface area contributed by atoms with Gasteiger partial charge in [0, 0.05) is 16.9 Å². The van der Waals surface area contributed by atoms with Crippen LogP contribution >= 0.6 is 15.9 Å². The van der Waals surface area contributed by atoms with Crippen molar-refractivity contribution in [1.29, 1.82) is 0 Å². The highest BCUT2D eigenvalue weighted by Gasteiger charge is 2.27. The van der Waals surface area contributed by atoms with Crippen molar-refractivity contribution >= 4 is 15.9 Å². The Kier molecular flexibility index (Phi) is 3.16. The van der Waals surface area contributed by atoms with Gasteiger partial charge >= 0.3 is 0 Å². The van der Waals surface area contributed by atoms with E-state index in [4.69, 9.17) is 0 Å². The predicted molar refractivity (Wildman–Crippen MR) is 78.7 cm³/mol. The highest BCUT2D eigenvalue weighted by atomic mass is 79.9. The molecule has 94 valence electrons. The lowest BCUT2D eigenvalue weighted by atomic mass is 9.95. The number of hydrogen-bond donors (Lipinski definition) is 1. The molecule has 3 aliphatic rings. The maximum absolute atomic E-state index is 3.61. The van der Waals surface area contributed by atoms with Gasteiger partial charge in [0.2, 0.25) is 0 Å². The predicted octanol–water partition coefficient (Wildman–Crippen LogP) is 3.92. The first kappa shape index (κ1) is 11.8. The molecule has 1 aliphatic carbocycles. The van der Waals surface area contributed by atoms with Crippen LogP contribution in [0.3, 0.4) is 0 Å². The molecule has 2 heterocycles. The summed E-state index contributed by atoms with van der Waals surface area (Å²) in [5.74, 6) is 0. The van der Waals surface area contributed by atoms with Crippen LogP contribution in [0.1, 0.15) is 26.2 Å². The first-order valence-corrected chi connectivity index (χ1v) is 7.26. The molecule has 0 radical (unpaired) electrons. The van der Waals surface area contributed by atoms with Gasteiger partial charge in [0.15, 0.2) is 0 Å². The molecule has 0 aromatic carbocycles. The Balaban J connectivity index is 1.80. The normalized spacial score (nSPS) is 25.9. The smallest absolute Gasteiger partial charge is 0.136 e. The van der Waals surface area contributed by atoms with E-state index in [1.807, 2.05) is 0 Å². The van der Waals surface area contributed by atoms with Gasteiger partial charge in [0.1, 0.15) is 6.17 Å². The van der Waals surface area contributed by atoms with Crippen LogP contribution in [0.15, 0.2) is 58.0 Å². The van der Waals surface area contributed by atoms with E-state index < -0.39 is 0 Å². The first-order valence-electron chi connectivity index (χ1n) is 6.46. The van der Waals surface area contributed by atoms with E-state index in [1.165, 1.54) is 28.6 Å². The Morgan fingerprint density at radius 1 is 1.33 bits per heavy atom. The van der Waals surface area contributed by atoms with Crippen molar-refractivity contribution in [2.45, 2.75) is 32.4 Å². The number of nitrogens with one attached hydrogen (secondary N) is 1. The van der Waals surface area contributed by atoms with Crippen molar-refractivity contribution in [3.8, 4) is 0 Å². The molecule has 1 unspecified atom stereocenters. The van der Waals surface area contributed by atoms with Crippen molar-refractivity contribution in [1.82, 2.24) is 10.2 Å². The van der Waals surface area contributed by atoms with Crippen molar-refractivity contribution in [2.24, 2.45) is 0 Å². The molecule has 0 aromatic rings. The van der Waals surface area contributed by atoms with E-state index in [2.05, 4.69) is 69.8 Å². The van der Waals surface area contributed by atoms with Crippen LogP contribution in [-0.2, 0) is 0 Å². The van der Waals surface area contributed by atoms with Gasteiger partial charge in [-0.1, -0.05) is 40.6 Å². The van der Waals surface area contributed by atoms with Crippen LogP contribution in [-0.4, -0.2) is 11.1 Å². The quantitative estimate of drug-likeness (QED) is 0.832. The molecule has 1 N–H and O–H groups in total. The van der Waals surface area contributed by atoms with E-state index in [9.17, 15) is 0 Å². The topological polar surface area (TPSA) is 15.3 Å². The van der Waals surface area contributed by atoms with Gasteiger partial charge < -0.3 is 10.2 Å². The third kappa shape index (κ3) is 2.07. The van der Waals surface area contributed by atoms with Crippen LogP contribution in [0.4, 0.5) is 0 Å². The van der Waals surface area contributed by atoms with Gasteiger partial charge in [0.25, 0.3) is 0 Å². The first-order chi connectivity index (χ1) is 8.78. The van der Waals surface area contributed by atoms with Crippen LogP contribution in [0.2, 0.25) is 0 Å². The zero-order valence-corrected chi connectivity index (χ0v) is 12.1. The summed E-state index contributed by atoms with van der Waals surface area (Å²) >= 11 is 3.61. The van der Waals surface area contributed by atoms with E-state index in [0.717, 1.165) is 6.42 Å². The fourth-order valence-electron chi connectivity index (χ4n) is 2.52. The summed E-state index contributed by atoms with van der Waals surface area (Å²) in [6.07, 6.45) is 16.7.